The van der Waals surface area contributed by atoms with Crippen LogP contribution >= 0.6 is 0 Å². The van der Waals surface area contributed by atoms with Crippen molar-refractivity contribution in [3.63, 3.8) is 0 Å². The number of nitrogens with zero attached hydrogens (tertiary/aromatic N) is 4. The number of imide groups is 1. The van der Waals surface area contributed by atoms with Gasteiger partial charge in [-0.15, -0.1) is 0 Å². The Hall–Kier alpha value is -3.99. The molecule has 2 aromatic carbocycles. The molecule has 3 aromatic rings. The summed E-state index contributed by atoms with van der Waals surface area (Å²) in [5.74, 6) is 2.88. The summed E-state index contributed by atoms with van der Waals surface area (Å²) in [6.45, 7) is 0. The van der Waals surface area contributed by atoms with E-state index in [1.807, 2.05) is 25.2 Å². The number of carbonyl (C=O) groups is 2. The standard InChI is InChI=1S/C26H22F2N4O2/c1-30-25(34)32(23(33)15-26(30)12-6-9-22-19(26)16-29-31(22)2)24-20(27)13-18(14-21(24)28)11-10-17-7-4-3-5-8-17/h3-5,7-8,13-14,16H,6,9,12,15H2,1-2H3/t26-/m0/s1. The highest BCUT2D eigenvalue weighted by atomic mass is 19.1. The van der Waals surface area contributed by atoms with Crippen molar-refractivity contribution < 1.29 is 18.4 Å². The molecule has 1 aromatic heterocycles. The monoisotopic (exact) mass is 460 g/mol. The summed E-state index contributed by atoms with van der Waals surface area (Å²) in [6, 6.07) is 10.3. The van der Waals surface area contributed by atoms with Gasteiger partial charge in [-0.05, 0) is 43.5 Å². The fourth-order valence-electron chi connectivity index (χ4n) is 4.99. The van der Waals surface area contributed by atoms with Gasteiger partial charge < -0.3 is 4.90 Å². The van der Waals surface area contributed by atoms with Gasteiger partial charge in [0, 0.05) is 36.5 Å². The summed E-state index contributed by atoms with van der Waals surface area (Å²) in [4.78, 5) is 28.6. The molecule has 1 aliphatic heterocycles. The third-order valence-corrected chi connectivity index (χ3v) is 6.75. The van der Waals surface area contributed by atoms with E-state index in [2.05, 4.69) is 16.9 Å². The van der Waals surface area contributed by atoms with E-state index in [9.17, 15) is 9.59 Å². The molecule has 2 aliphatic rings. The van der Waals surface area contributed by atoms with E-state index >= 15 is 8.78 Å². The molecule has 1 fully saturated rings. The number of halogens is 2. The molecular weight excluding hydrogens is 438 g/mol. The first-order valence-electron chi connectivity index (χ1n) is 11.0. The van der Waals surface area contributed by atoms with Gasteiger partial charge in [0.15, 0.2) is 11.6 Å². The Balaban J connectivity index is 1.50. The number of benzene rings is 2. The lowest BCUT2D eigenvalue weighted by Crippen LogP contribution is -2.62. The summed E-state index contributed by atoms with van der Waals surface area (Å²) in [6.07, 6.45) is 3.74. The predicted molar refractivity (Wildman–Crippen MR) is 122 cm³/mol. The lowest BCUT2D eigenvalue weighted by molar-refractivity contribution is -0.123. The van der Waals surface area contributed by atoms with Crippen molar-refractivity contribution in [1.82, 2.24) is 14.7 Å². The lowest BCUT2D eigenvalue weighted by atomic mass is 9.75. The number of hydrogen-bond acceptors (Lipinski definition) is 3. The minimum Gasteiger partial charge on any atom is -0.317 e. The van der Waals surface area contributed by atoms with Gasteiger partial charge in [-0.25, -0.2) is 18.5 Å². The Morgan fingerprint density at radius 1 is 1.00 bits per heavy atom. The van der Waals surface area contributed by atoms with Gasteiger partial charge in [-0.1, -0.05) is 30.0 Å². The molecule has 34 heavy (non-hydrogen) atoms. The quantitative estimate of drug-likeness (QED) is 0.514. The highest BCUT2D eigenvalue weighted by molar-refractivity contribution is 6.16. The van der Waals surface area contributed by atoms with Crippen molar-refractivity contribution in [2.45, 2.75) is 31.2 Å². The zero-order valence-electron chi connectivity index (χ0n) is 18.8. The first-order chi connectivity index (χ1) is 16.3. The number of rotatable bonds is 1. The Kier molecular flexibility index (Phi) is 5.20. The minimum atomic E-state index is -1.02. The van der Waals surface area contributed by atoms with Crippen LogP contribution in [0.15, 0.2) is 48.7 Å². The highest BCUT2D eigenvalue weighted by Gasteiger charge is 2.52. The van der Waals surface area contributed by atoms with Gasteiger partial charge in [0.2, 0.25) is 5.91 Å². The molecule has 0 radical (unpaired) electrons. The summed E-state index contributed by atoms with van der Waals surface area (Å²) in [5.41, 5.74) is 1.03. The number of amides is 3. The maximum absolute atomic E-state index is 15.1. The van der Waals surface area contributed by atoms with Crippen molar-refractivity contribution in [2.24, 2.45) is 7.05 Å². The Bertz CT molecular complexity index is 1350. The Morgan fingerprint density at radius 2 is 1.68 bits per heavy atom. The average molecular weight is 460 g/mol. The highest BCUT2D eigenvalue weighted by Crippen LogP contribution is 2.46. The fraction of sp³-hybridized carbons (Fsp3) is 0.269. The van der Waals surface area contributed by atoms with Crippen molar-refractivity contribution in [2.75, 3.05) is 11.9 Å². The molecule has 1 aliphatic carbocycles. The zero-order valence-corrected chi connectivity index (χ0v) is 18.8. The molecule has 2 heterocycles. The van der Waals surface area contributed by atoms with E-state index in [1.165, 1.54) is 4.90 Å². The van der Waals surface area contributed by atoms with Gasteiger partial charge >= 0.3 is 6.03 Å². The molecule has 6 nitrogen and oxygen atoms in total. The number of urea groups is 1. The van der Waals surface area contributed by atoms with Gasteiger partial charge in [0.1, 0.15) is 5.69 Å². The molecule has 1 saturated heterocycles. The van der Waals surface area contributed by atoms with Crippen LogP contribution in [0, 0.1) is 23.5 Å². The zero-order chi connectivity index (χ0) is 24.0. The largest absolute Gasteiger partial charge is 0.332 e. The van der Waals surface area contributed by atoms with E-state index in [0.29, 0.717) is 16.9 Å². The summed E-state index contributed by atoms with van der Waals surface area (Å²) >= 11 is 0. The number of fused-ring (bicyclic) bond motifs is 2. The number of aromatic nitrogens is 2. The molecule has 1 atom stereocenters. The van der Waals surface area contributed by atoms with Crippen molar-refractivity contribution >= 4 is 17.6 Å². The molecular formula is C26H22F2N4O2. The molecule has 8 heteroatoms. The van der Waals surface area contributed by atoms with Crippen LogP contribution < -0.4 is 4.90 Å². The molecule has 5 rings (SSSR count). The van der Waals surface area contributed by atoms with Crippen molar-refractivity contribution in [1.29, 1.82) is 0 Å². The second kappa shape index (κ2) is 8.10. The summed E-state index contributed by atoms with van der Waals surface area (Å²) in [7, 11) is 3.39. The van der Waals surface area contributed by atoms with E-state index in [-0.39, 0.29) is 12.0 Å². The van der Waals surface area contributed by atoms with Crippen LogP contribution in [0.2, 0.25) is 0 Å². The molecule has 3 amide bonds. The normalized spacial score (nSPS) is 19.8. The number of aryl methyl sites for hydroxylation is 1. The second-order valence-electron chi connectivity index (χ2n) is 8.67. The first-order valence-corrected chi connectivity index (χ1v) is 11.0. The SMILES string of the molecule is CN1C(=O)N(c2c(F)cc(C#Cc3ccccc3)cc2F)C(=O)C[C@]12CCCc1c2cnn1C. The third-order valence-electron chi connectivity index (χ3n) is 6.75. The summed E-state index contributed by atoms with van der Waals surface area (Å²) < 4.78 is 31.9. The van der Waals surface area contributed by atoms with Crippen LogP contribution in [0.5, 0.6) is 0 Å². The number of anilines is 1. The molecule has 172 valence electrons. The average Bonchev–Trinajstić information content (AvgIpc) is 3.21. The van der Waals surface area contributed by atoms with Crippen LogP contribution in [-0.2, 0) is 23.8 Å². The van der Waals surface area contributed by atoms with E-state index < -0.39 is 34.8 Å². The molecule has 0 bridgehead atoms. The topological polar surface area (TPSA) is 58.4 Å². The van der Waals surface area contributed by atoms with Crippen LogP contribution in [-0.4, -0.2) is 33.7 Å². The number of hydrogen-bond donors (Lipinski definition) is 0. The van der Waals surface area contributed by atoms with E-state index in [4.69, 9.17) is 0 Å². The van der Waals surface area contributed by atoms with Gasteiger partial charge in [-0.2, -0.15) is 5.10 Å². The molecule has 0 N–H and O–H groups in total. The minimum absolute atomic E-state index is 0.0810. The lowest BCUT2D eigenvalue weighted by Gasteiger charge is -2.49. The van der Waals surface area contributed by atoms with Crippen LogP contribution in [0.4, 0.5) is 19.3 Å². The van der Waals surface area contributed by atoms with Crippen LogP contribution in [0.25, 0.3) is 0 Å². The predicted octanol–water partition coefficient (Wildman–Crippen LogP) is 4.12. The Morgan fingerprint density at radius 3 is 2.38 bits per heavy atom. The van der Waals surface area contributed by atoms with E-state index in [1.54, 1.807) is 30.1 Å². The summed E-state index contributed by atoms with van der Waals surface area (Å²) in [5, 5.41) is 4.31. The van der Waals surface area contributed by atoms with Crippen LogP contribution in [0.1, 0.15) is 41.6 Å². The third kappa shape index (κ3) is 3.36. The van der Waals surface area contributed by atoms with Crippen molar-refractivity contribution in [3.05, 3.63) is 82.7 Å². The maximum Gasteiger partial charge on any atom is 0.332 e. The smallest absolute Gasteiger partial charge is 0.317 e. The molecule has 1 spiro atoms. The van der Waals surface area contributed by atoms with Crippen molar-refractivity contribution in [3.8, 4) is 11.8 Å². The van der Waals surface area contributed by atoms with Gasteiger partial charge in [0.25, 0.3) is 0 Å². The first kappa shape index (κ1) is 21.8. The number of carbonyl (C=O) groups excluding carboxylic acids is 2. The molecule has 0 saturated carbocycles. The molecule has 0 unspecified atom stereocenters. The fourth-order valence-corrected chi connectivity index (χ4v) is 4.99. The maximum atomic E-state index is 15.1. The van der Waals surface area contributed by atoms with Gasteiger partial charge in [-0.3, -0.25) is 9.48 Å². The van der Waals surface area contributed by atoms with Crippen LogP contribution in [0.3, 0.4) is 0 Å². The second-order valence-corrected chi connectivity index (χ2v) is 8.67. The van der Waals surface area contributed by atoms with E-state index in [0.717, 1.165) is 36.2 Å². The Labute approximate surface area is 195 Å². The van der Waals surface area contributed by atoms with Gasteiger partial charge in [0.05, 0.1) is 18.2 Å².